The summed E-state index contributed by atoms with van der Waals surface area (Å²) < 4.78 is 4.62. The zero-order valence-corrected chi connectivity index (χ0v) is 6.14. The molecule has 0 aromatic carbocycles. The summed E-state index contributed by atoms with van der Waals surface area (Å²) in [5, 5.41) is 18.3. The largest absolute Gasteiger partial charge is 0.457 e. The highest BCUT2D eigenvalue weighted by Gasteiger charge is 2.54. The lowest BCUT2D eigenvalue weighted by molar-refractivity contribution is -0.151. The van der Waals surface area contributed by atoms with E-state index in [-0.39, 0.29) is 12.2 Å². The number of ketones is 1. The molecule has 2 aliphatic rings. The molecule has 1 saturated heterocycles. The number of esters is 1. The number of carbonyl (C=O) groups excluding carboxylic acids is 2. The van der Waals surface area contributed by atoms with Gasteiger partial charge in [0.2, 0.25) is 0 Å². The van der Waals surface area contributed by atoms with Crippen molar-refractivity contribution in [2.24, 2.45) is 5.92 Å². The molecule has 12 heavy (non-hydrogen) atoms. The number of aliphatic hydroxyl groups excluding tert-OH is 2. The molecule has 1 heterocycles. The van der Waals surface area contributed by atoms with E-state index in [1.165, 1.54) is 0 Å². The first kappa shape index (κ1) is 7.70. The fourth-order valence-electron chi connectivity index (χ4n) is 1.71. The van der Waals surface area contributed by atoms with Gasteiger partial charge in [-0.15, -0.1) is 0 Å². The average molecular weight is 172 g/mol. The summed E-state index contributed by atoms with van der Waals surface area (Å²) in [5.74, 6) is -1.65. The van der Waals surface area contributed by atoms with Crippen LogP contribution >= 0.6 is 0 Å². The van der Waals surface area contributed by atoms with E-state index in [0.717, 1.165) is 0 Å². The maximum atomic E-state index is 10.9. The molecule has 2 rings (SSSR count). The molecule has 1 aliphatic heterocycles. The van der Waals surface area contributed by atoms with Crippen LogP contribution in [0.3, 0.4) is 0 Å². The molecule has 1 aliphatic carbocycles. The maximum absolute atomic E-state index is 10.9. The fraction of sp³-hybridized carbons (Fsp3) is 0.714. The number of carbonyl (C=O) groups is 2. The highest BCUT2D eigenvalue weighted by molar-refractivity contribution is 5.90. The minimum absolute atomic E-state index is 0.0265. The molecule has 1 saturated carbocycles. The molecule has 0 amide bonds. The number of fused-ring (bicyclic) bond motifs is 1. The Morgan fingerprint density at radius 3 is 2.50 bits per heavy atom. The molecule has 0 unspecified atom stereocenters. The van der Waals surface area contributed by atoms with Crippen molar-refractivity contribution >= 4 is 11.8 Å². The minimum atomic E-state index is -1.24. The van der Waals surface area contributed by atoms with Crippen LogP contribution < -0.4 is 0 Å². The lowest BCUT2D eigenvalue weighted by Crippen LogP contribution is -2.28. The molecule has 0 radical (unpaired) electrons. The van der Waals surface area contributed by atoms with Crippen LogP contribution in [0, 0.1) is 5.92 Å². The predicted molar refractivity (Wildman–Crippen MR) is 35.0 cm³/mol. The normalized spacial score (nSPS) is 46.2. The van der Waals surface area contributed by atoms with E-state index in [4.69, 9.17) is 10.2 Å². The SMILES string of the molecule is O=C1O[C@H]2[C@H](CC(=O)[C@@H]2O)[C@@H]1O. The van der Waals surface area contributed by atoms with E-state index < -0.39 is 30.2 Å². The third-order valence-electron chi connectivity index (χ3n) is 2.40. The van der Waals surface area contributed by atoms with E-state index in [9.17, 15) is 9.59 Å². The summed E-state index contributed by atoms with van der Waals surface area (Å²) in [7, 11) is 0. The van der Waals surface area contributed by atoms with Gasteiger partial charge in [0, 0.05) is 12.3 Å². The quantitative estimate of drug-likeness (QED) is 0.422. The molecule has 2 N–H and O–H groups in total. The molecule has 66 valence electrons. The number of Topliss-reactive ketones (excluding diaryl/α,β-unsaturated/α-hetero) is 1. The third kappa shape index (κ3) is 0.804. The number of hydrogen-bond acceptors (Lipinski definition) is 5. The van der Waals surface area contributed by atoms with Crippen LogP contribution in [0.25, 0.3) is 0 Å². The van der Waals surface area contributed by atoms with Crippen molar-refractivity contribution in [3.8, 4) is 0 Å². The number of hydrogen-bond donors (Lipinski definition) is 2. The zero-order valence-electron chi connectivity index (χ0n) is 6.14. The molecule has 4 atom stereocenters. The van der Waals surface area contributed by atoms with Crippen LogP contribution in [0.2, 0.25) is 0 Å². The van der Waals surface area contributed by atoms with Gasteiger partial charge in [-0.25, -0.2) is 4.79 Å². The van der Waals surface area contributed by atoms with Gasteiger partial charge in [0.1, 0.15) is 12.2 Å². The topological polar surface area (TPSA) is 83.8 Å². The van der Waals surface area contributed by atoms with Crippen molar-refractivity contribution in [1.29, 1.82) is 0 Å². The summed E-state index contributed by atoms with van der Waals surface area (Å²) in [6, 6.07) is 0. The smallest absolute Gasteiger partial charge is 0.335 e. The van der Waals surface area contributed by atoms with Crippen molar-refractivity contribution in [1.82, 2.24) is 0 Å². The van der Waals surface area contributed by atoms with Crippen LogP contribution in [-0.4, -0.2) is 40.3 Å². The summed E-state index contributed by atoms with van der Waals surface area (Å²) in [6.07, 6.45) is -3.27. The Bertz CT molecular complexity index is 222. The van der Waals surface area contributed by atoms with E-state index in [2.05, 4.69) is 4.74 Å². The lowest BCUT2D eigenvalue weighted by atomic mass is 10.0. The lowest BCUT2D eigenvalue weighted by Gasteiger charge is -2.09. The molecule has 0 aromatic heterocycles. The van der Waals surface area contributed by atoms with Crippen molar-refractivity contribution in [2.45, 2.75) is 24.7 Å². The number of ether oxygens (including phenoxy) is 1. The molecule has 0 spiro atoms. The molecule has 0 bridgehead atoms. The van der Waals surface area contributed by atoms with Gasteiger partial charge in [-0.3, -0.25) is 4.79 Å². The van der Waals surface area contributed by atoms with E-state index in [1.807, 2.05) is 0 Å². The standard InChI is InChI=1S/C7H8O5/c8-3-1-2-4(9)7(11)12-6(2)5(3)10/h2,4-6,9-10H,1H2/t2-,4+,5+,6+/m1/s1. The Balaban J connectivity index is 2.24. The monoisotopic (exact) mass is 172 g/mol. The number of rotatable bonds is 0. The highest BCUT2D eigenvalue weighted by atomic mass is 16.6. The van der Waals surface area contributed by atoms with Crippen molar-refractivity contribution in [2.75, 3.05) is 0 Å². The Morgan fingerprint density at radius 1 is 1.25 bits per heavy atom. The van der Waals surface area contributed by atoms with Crippen LogP contribution in [0.1, 0.15) is 6.42 Å². The van der Waals surface area contributed by atoms with Gasteiger partial charge < -0.3 is 14.9 Å². The summed E-state index contributed by atoms with van der Waals surface area (Å²) in [6.45, 7) is 0. The van der Waals surface area contributed by atoms with Crippen molar-refractivity contribution < 1.29 is 24.5 Å². The molecule has 5 nitrogen and oxygen atoms in total. The Morgan fingerprint density at radius 2 is 1.92 bits per heavy atom. The Labute approximate surface area is 67.9 Å². The summed E-state index contributed by atoms with van der Waals surface area (Å²) in [5.41, 5.74) is 0. The van der Waals surface area contributed by atoms with E-state index in [0.29, 0.717) is 0 Å². The van der Waals surface area contributed by atoms with Crippen LogP contribution in [-0.2, 0) is 14.3 Å². The first-order chi connectivity index (χ1) is 5.61. The predicted octanol–water partition coefficient (Wildman–Crippen LogP) is -1.78. The van der Waals surface area contributed by atoms with Gasteiger partial charge in [0.25, 0.3) is 0 Å². The average Bonchev–Trinajstić information content (AvgIpc) is 2.43. The highest BCUT2D eigenvalue weighted by Crippen LogP contribution is 2.34. The first-order valence-corrected chi connectivity index (χ1v) is 3.70. The van der Waals surface area contributed by atoms with Crippen molar-refractivity contribution in [3.05, 3.63) is 0 Å². The third-order valence-corrected chi connectivity index (χ3v) is 2.40. The second-order valence-electron chi connectivity index (χ2n) is 3.13. The van der Waals surface area contributed by atoms with E-state index >= 15 is 0 Å². The number of aliphatic hydroxyl groups is 2. The van der Waals surface area contributed by atoms with E-state index in [1.54, 1.807) is 0 Å². The van der Waals surface area contributed by atoms with Gasteiger partial charge in [-0.2, -0.15) is 0 Å². The fourth-order valence-corrected chi connectivity index (χ4v) is 1.71. The van der Waals surface area contributed by atoms with Gasteiger partial charge in [-0.05, 0) is 0 Å². The van der Waals surface area contributed by atoms with Gasteiger partial charge in [0.15, 0.2) is 11.9 Å². The Kier molecular flexibility index (Phi) is 1.46. The second-order valence-corrected chi connectivity index (χ2v) is 3.13. The molecule has 5 heteroatoms. The van der Waals surface area contributed by atoms with Gasteiger partial charge >= 0.3 is 5.97 Å². The molecule has 2 fully saturated rings. The summed E-state index contributed by atoms with van der Waals surface area (Å²) in [4.78, 5) is 21.6. The van der Waals surface area contributed by atoms with Gasteiger partial charge in [-0.1, -0.05) is 0 Å². The molecular weight excluding hydrogens is 164 g/mol. The molecule has 0 aromatic rings. The van der Waals surface area contributed by atoms with Gasteiger partial charge in [0.05, 0.1) is 0 Å². The van der Waals surface area contributed by atoms with Crippen LogP contribution in [0.15, 0.2) is 0 Å². The summed E-state index contributed by atoms with van der Waals surface area (Å²) >= 11 is 0. The maximum Gasteiger partial charge on any atom is 0.335 e. The van der Waals surface area contributed by atoms with Crippen molar-refractivity contribution in [3.63, 3.8) is 0 Å². The van der Waals surface area contributed by atoms with Crippen LogP contribution in [0.5, 0.6) is 0 Å². The van der Waals surface area contributed by atoms with Crippen LogP contribution in [0.4, 0.5) is 0 Å². The first-order valence-electron chi connectivity index (χ1n) is 3.70. The Hall–Kier alpha value is -0.940. The minimum Gasteiger partial charge on any atom is -0.457 e. The second kappa shape index (κ2) is 2.27. The zero-order chi connectivity index (χ0) is 8.88. The molecular formula is C7H8O5.